The van der Waals surface area contributed by atoms with Crippen molar-refractivity contribution in [3.63, 3.8) is 0 Å². The van der Waals surface area contributed by atoms with Crippen LogP contribution in [0.1, 0.15) is 16.7 Å². The number of ketones is 1. The highest BCUT2D eigenvalue weighted by atomic mass is 32.2. The topological polar surface area (TPSA) is 95.7 Å². The molecule has 0 aliphatic carbocycles. The summed E-state index contributed by atoms with van der Waals surface area (Å²) < 4.78 is 74.0. The maximum atomic E-state index is 13.1. The van der Waals surface area contributed by atoms with E-state index in [0.29, 0.717) is 5.56 Å². The molecule has 2 aromatic rings. The van der Waals surface area contributed by atoms with Crippen LogP contribution in [0, 0.1) is 0 Å². The van der Waals surface area contributed by atoms with E-state index in [4.69, 9.17) is 14.7 Å². The van der Waals surface area contributed by atoms with Gasteiger partial charge in [0.1, 0.15) is 15.7 Å². The van der Waals surface area contributed by atoms with Crippen molar-refractivity contribution in [3.8, 4) is 0 Å². The van der Waals surface area contributed by atoms with Crippen LogP contribution >= 0.6 is 0 Å². The van der Waals surface area contributed by atoms with E-state index < -0.39 is 49.3 Å². The molecule has 0 saturated heterocycles. The van der Waals surface area contributed by atoms with Crippen molar-refractivity contribution in [2.24, 2.45) is 5.73 Å². The van der Waals surface area contributed by atoms with Crippen LogP contribution in [0.2, 0.25) is 0 Å². The SMILES string of the molecule is BC(B)(c1ccccc1)S(=O)(=O)OC1=C(N)O[C@](B)(c2cccc(C(F)(F)F)c2)C1=O. The fourth-order valence-electron chi connectivity index (χ4n) is 3.10. The first-order valence-corrected chi connectivity index (χ1v) is 10.5. The molecule has 6 nitrogen and oxygen atoms in total. The molecule has 0 fully saturated rings. The third kappa shape index (κ3) is 3.94. The van der Waals surface area contributed by atoms with Gasteiger partial charge in [-0.2, -0.15) is 21.6 Å². The zero-order chi connectivity index (χ0) is 23.2. The van der Waals surface area contributed by atoms with Gasteiger partial charge in [-0.1, -0.05) is 42.5 Å². The van der Waals surface area contributed by atoms with Crippen molar-refractivity contribution in [1.82, 2.24) is 0 Å². The Hall–Kier alpha value is -2.82. The minimum atomic E-state index is -4.64. The van der Waals surface area contributed by atoms with Gasteiger partial charge in [0.2, 0.25) is 17.4 Å². The van der Waals surface area contributed by atoms with Crippen LogP contribution in [0.25, 0.3) is 0 Å². The number of rotatable bonds is 5. The van der Waals surface area contributed by atoms with Gasteiger partial charge in [-0.15, -0.1) is 0 Å². The van der Waals surface area contributed by atoms with Crippen LogP contribution in [0.4, 0.5) is 13.2 Å². The standard InChI is InChI=1S/C18H17B3F3NO5S/c19-16(11-7-4-8-12(9-11)18(22,23)24)14(26)13(15(25)29-16)30-31(27,28)17(20,21)10-5-2-1-3-6-10/h1-9H,19-21,25H2/t16-/m1/s1. The highest BCUT2D eigenvalue weighted by Crippen LogP contribution is 2.39. The summed E-state index contributed by atoms with van der Waals surface area (Å²) in [6.45, 7) is 0. The molecule has 2 aromatic carbocycles. The molecule has 1 atom stereocenters. The maximum absolute atomic E-state index is 13.1. The summed E-state index contributed by atoms with van der Waals surface area (Å²) in [7, 11) is -0.468. The summed E-state index contributed by atoms with van der Waals surface area (Å²) in [4.78, 5) is 13.0. The number of ether oxygens (including phenoxy) is 1. The first kappa shape index (κ1) is 22.9. The van der Waals surface area contributed by atoms with Crippen molar-refractivity contribution < 1.29 is 35.3 Å². The highest BCUT2D eigenvalue weighted by molar-refractivity contribution is 7.90. The van der Waals surface area contributed by atoms with Gasteiger partial charge in [-0.05, 0) is 23.3 Å². The first-order valence-electron chi connectivity index (χ1n) is 9.11. The third-order valence-corrected chi connectivity index (χ3v) is 7.08. The summed E-state index contributed by atoms with van der Waals surface area (Å²) >= 11 is 0. The Morgan fingerprint density at radius 2 is 1.58 bits per heavy atom. The zero-order valence-corrected chi connectivity index (χ0v) is 17.7. The molecule has 0 spiro atoms. The Morgan fingerprint density at radius 3 is 2.16 bits per heavy atom. The number of nitrogens with two attached hydrogens (primary N) is 1. The molecule has 1 aliphatic rings. The molecule has 1 heterocycles. The number of carbonyl (C=O) groups is 1. The van der Waals surface area contributed by atoms with Crippen molar-refractivity contribution in [3.05, 3.63) is 82.9 Å². The van der Waals surface area contributed by atoms with Crippen molar-refractivity contribution in [2.45, 2.75) is 16.2 Å². The normalized spacial score (nSPS) is 19.9. The molecule has 0 aromatic heterocycles. The number of hydrogen-bond donors (Lipinski definition) is 1. The Bertz CT molecular complexity index is 1170. The van der Waals surface area contributed by atoms with Gasteiger partial charge in [0.05, 0.1) is 10.1 Å². The molecule has 1 aliphatic heterocycles. The number of benzene rings is 2. The van der Waals surface area contributed by atoms with Gasteiger partial charge < -0.3 is 14.7 Å². The van der Waals surface area contributed by atoms with E-state index in [1.807, 2.05) is 0 Å². The molecule has 13 heteroatoms. The summed E-state index contributed by atoms with van der Waals surface area (Å²) in [6, 6.07) is 12.1. The van der Waals surface area contributed by atoms with Crippen LogP contribution in [0.5, 0.6) is 0 Å². The molecule has 2 N–H and O–H groups in total. The second kappa shape index (κ2) is 7.40. The van der Waals surface area contributed by atoms with Crippen molar-refractivity contribution >= 4 is 39.4 Å². The molecule has 160 valence electrons. The lowest BCUT2D eigenvalue weighted by molar-refractivity contribution is -0.138. The Kier molecular flexibility index (Phi) is 5.46. The molecule has 0 unspecified atom stereocenters. The fraction of sp³-hybridized carbons (Fsp3) is 0.167. The molecule has 0 amide bonds. The van der Waals surface area contributed by atoms with E-state index in [2.05, 4.69) is 0 Å². The van der Waals surface area contributed by atoms with E-state index >= 15 is 0 Å². The monoisotopic (exact) mass is 449 g/mol. The number of carbonyl (C=O) groups excluding carboxylic acids is 1. The van der Waals surface area contributed by atoms with Crippen molar-refractivity contribution in [2.75, 3.05) is 0 Å². The van der Waals surface area contributed by atoms with Gasteiger partial charge in [0.15, 0.2) is 13.3 Å². The molecule has 0 radical (unpaired) electrons. The molecule has 0 bridgehead atoms. The van der Waals surface area contributed by atoms with Crippen LogP contribution in [-0.2, 0) is 40.1 Å². The highest BCUT2D eigenvalue weighted by Gasteiger charge is 2.51. The van der Waals surface area contributed by atoms with E-state index in [1.54, 1.807) is 30.3 Å². The van der Waals surface area contributed by atoms with Crippen LogP contribution in [0.15, 0.2) is 66.2 Å². The lowest BCUT2D eigenvalue weighted by Gasteiger charge is -2.26. The average molecular weight is 449 g/mol. The second-order valence-electron chi connectivity index (χ2n) is 7.65. The van der Waals surface area contributed by atoms with Gasteiger partial charge in [0.25, 0.3) is 0 Å². The van der Waals surface area contributed by atoms with E-state index in [9.17, 15) is 26.4 Å². The molecule has 31 heavy (non-hydrogen) atoms. The van der Waals surface area contributed by atoms with E-state index in [-0.39, 0.29) is 5.56 Å². The Labute approximate surface area is 179 Å². The average Bonchev–Trinajstić information content (AvgIpc) is 2.92. The number of halogens is 3. The van der Waals surface area contributed by atoms with Crippen molar-refractivity contribution in [1.29, 1.82) is 0 Å². The lowest BCUT2D eigenvalue weighted by Crippen LogP contribution is -2.40. The smallest absolute Gasteiger partial charge is 0.416 e. The first-order chi connectivity index (χ1) is 14.2. The van der Waals surface area contributed by atoms with Crippen LogP contribution in [-0.4, -0.2) is 37.7 Å². The van der Waals surface area contributed by atoms with E-state index in [0.717, 1.165) is 18.2 Å². The largest absolute Gasteiger partial charge is 0.467 e. The van der Waals surface area contributed by atoms with Gasteiger partial charge >= 0.3 is 16.3 Å². The summed E-state index contributed by atoms with van der Waals surface area (Å²) in [5.41, 5.74) is 3.01. The summed E-state index contributed by atoms with van der Waals surface area (Å²) in [6.07, 6.45) is -4.64. The van der Waals surface area contributed by atoms with Crippen LogP contribution in [0.3, 0.4) is 0 Å². The predicted molar refractivity (Wildman–Crippen MR) is 114 cm³/mol. The fourth-order valence-corrected chi connectivity index (χ4v) is 4.11. The lowest BCUT2D eigenvalue weighted by atomic mass is 9.65. The Balaban J connectivity index is 1.95. The van der Waals surface area contributed by atoms with Gasteiger partial charge in [-0.3, -0.25) is 4.79 Å². The van der Waals surface area contributed by atoms with E-state index in [1.165, 1.54) is 29.6 Å². The number of Topliss-reactive ketones (excluding diaryl/α,β-unsaturated/α-hetero) is 1. The molecular formula is C18H17B3F3NO5S. The maximum Gasteiger partial charge on any atom is 0.416 e. The van der Waals surface area contributed by atoms with Gasteiger partial charge in [-0.25, -0.2) is 0 Å². The quantitative estimate of drug-likeness (QED) is 0.496. The Morgan fingerprint density at radius 1 is 1.00 bits per heavy atom. The molecule has 0 saturated carbocycles. The predicted octanol–water partition coefficient (Wildman–Crippen LogP) is -0.359. The second-order valence-corrected chi connectivity index (χ2v) is 9.75. The molecular weight excluding hydrogens is 432 g/mol. The number of hydrogen-bond acceptors (Lipinski definition) is 6. The number of alkyl halides is 3. The van der Waals surface area contributed by atoms with Gasteiger partial charge in [0, 0.05) is 0 Å². The minimum absolute atomic E-state index is 0.145. The minimum Gasteiger partial charge on any atom is -0.467 e. The third-order valence-electron chi connectivity index (χ3n) is 5.21. The summed E-state index contributed by atoms with van der Waals surface area (Å²) in [5.74, 6) is -2.40. The van der Waals surface area contributed by atoms with Crippen LogP contribution < -0.4 is 5.73 Å². The molecule has 3 rings (SSSR count). The zero-order valence-electron chi connectivity index (χ0n) is 16.9. The summed E-state index contributed by atoms with van der Waals surface area (Å²) in [5, 5.41) is 0.